The Labute approximate surface area is 132 Å². The van der Waals surface area contributed by atoms with Crippen molar-refractivity contribution >= 4 is 11.6 Å². The summed E-state index contributed by atoms with van der Waals surface area (Å²) in [7, 11) is 0. The van der Waals surface area contributed by atoms with Gasteiger partial charge in [-0.25, -0.2) is 0 Å². The van der Waals surface area contributed by atoms with Crippen molar-refractivity contribution in [3.8, 4) is 5.75 Å². The topological polar surface area (TPSA) is 21.3 Å². The molecule has 0 aliphatic rings. The zero-order valence-corrected chi connectivity index (χ0v) is 13.4. The molecule has 0 amide bonds. The van der Waals surface area contributed by atoms with Gasteiger partial charge in [-0.05, 0) is 55.3 Å². The van der Waals surface area contributed by atoms with E-state index >= 15 is 0 Å². The van der Waals surface area contributed by atoms with Crippen LogP contribution in [0.1, 0.15) is 37.4 Å². The Balaban J connectivity index is 2.30. The fourth-order valence-corrected chi connectivity index (χ4v) is 2.45. The van der Waals surface area contributed by atoms with Crippen LogP contribution >= 0.6 is 11.6 Å². The van der Waals surface area contributed by atoms with Gasteiger partial charge in [-0.1, -0.05) is 42.8 Å². The van der Waals surface area contributed by atoms with Gasteiger partial charge < -0.3 is 10.1 Å². The fourth-order valence-electron chi connectivity index (χ4n) is 2.32. The van der Waals surface area contributed by atoms with Crippen LogP contribution in [-0.4, -0.2) is 13.2 Å². The van der Waals surface area contributed by atoms with E-state index in [4.69, 9.17) is 16.3 Å². The van der Waals surface area contributed by atoms with Crippen molar-refractivity contribution in [3.05, 3.63) is 64.7 Å². The van der Waals surface area contributed by atoms with Crippen LogP contribution in [0.5, 0.6) is 5.75 Å². The number of benzene rings is 2. The van der Waals surface area contributed by atoms with Crippen molar-refractivity contribution in [1.29, 1.82) is 0 Å². The van der Waals surface area contributed by atoms with E-state index in [9.17, 15) is 0 Å². The number of halogens is 1. The van der Waals surface area contributed by atoms with E-state index in [0.717, 1.165) is 23.7 Å². The zero-order chi connectivity index (χ0) is 15.1. The lowest BCUT2D eigenvalue weighted by molar-refractivity contribution is 0.339. The van der Waals surface area contributed by atoms with Gasteiger partial charge in [0.2, 0.25) is 0 Å². The number of hydrogen-bond acceptors (Lipinski definition) is 2. The summed E-state index contributed by atoms with van der Waals surface area (Å²) in [4.78, 5) is 0. The third kappa shape index (κ3) is 4.48. The number of ether oxygens (including phenoxy) is 1. The average molecular weight is 304 g/mol. The van der Waals surface area contributed by atoms with Crippen LogP contribution in [0.15, 0.2) is 48.5 Å². The molecule has 0 saturated heterocycles. The third-order valence-corrected chi connectivity index (χ3v) is 3.56. The van der Waals surface area contributed by atoms with Crippen molar-refractivity contribution in [2.45, 2.75) is 26.3 Å². The van der Waals surface area contributed by atoms with Gasteiger partial charge in [0.15, 0.2) is 0 Å². The molecule has 1 N–H and O–H groups in total. The molecule has 2 rings (SSSR count). The summed E-state index contributed by atoms with van der Waals surface area (Å²) in [6, 6.07) is 16.4. The summed E-state index contributed by atoms with van der Waals surface area (Å²) < 4.78 is 5.61. The molecule has 0 fully saturated rings. The van der Waals surface area contributed by atoms with Crippen molar-refractivity contribution < 1.29 is 4.74 Å². The Kier molecular flexibility index (Phi) is 6.09. The molecule has 0 spiro atoms. The summed E-state index contributed by atoms with van der Waals surface area (Å²) in [6.45, 7) is 5.81. The molecule has 2 nitrogen and oxygen atoms in total. The Bertz CT molecular complexity index is 553. The molecule has 112 valence electrons. The maximum Gasteiger partial charge on any atom is 0.119 e. The predicted molar refractivity (Wildman–Crippen MR) is 89.2 cm³/mol. The average Bonchev–Trinajstić information content (AvgIpc) is 2.50. The summed E-state index contributed by atoms with van der Waals surface area (Å²) in [6.07, 6.45) is 1.09. The number of nitrogens with one attached hydrogen (secondary N) is 1. The largest absolute Gasteiger partial charge is 0.494 e. The molecule has 1 atom stereocenters. The van der Waals surface area contributed by atoms with Crippen molar-refractivity contribution in [3.63, 3.8) is 0 Å². The quantitative estimate of drug-likeness (QED) is 0.791. The van der Waals surface area contributed by atoms with Gasteiger partial charge in [0, 0.05) is 5.02 Å². The number of rotatable bonds is 7. The molecular weight excluding hydrogens is 282 g/mol. The first-order valence-electron chi connectivity index (χ1n) is 7.46. The maximum absolute atomic E-state index is 5.99. The molecule has 0 heterocycles. The smallest absolute Gasteiger partial charge is 0.119 e. The normalized spacial score (nSPS) is 12.1. The molecule has 1 unspecified atom stereocenters. The monoisotopic (exact) mass is 303 g/mol. The third-order valence-electron chi connectivity index (χ3n) is 3.30. The van der Waals surface area contributed by atoms with Crippen LogP contribution in [0.4, 0.5) is 0 Å². The highest BCUT2D eigenvalue weighted by molar-refractivity contribution is 6.30. The first kappa shape index (κ1) is 15.9. The zero-order valence-electron chi connectivity index (χ0n) is 12.6. The van der Waals surface area contributed by atoms with E-state index in [1.165, 1.54) is 11.1 Å². The highest BCUT2D eigenvalue weighted by Crippen LogP contribution is 2.26. The first-order chi connectivity index (χ1) is 10.2. The van der Waals surface area contributed by atoms with Gasteiger partial charge >= 0.3 is 0 Å². The SMILES string of the molecule is CCCNC(c1ccc(Cl)cc1)c1cccc(OCC)c1. The lowest BCUT2D eigenvalue weighted by atomic mass is 9.98. The minimum Gasteiger partial charge on any atom is -0.494 e. The Morgan fingerprint density at radius 1 is 1.05 bits per heavy atom. The highest BCUT2D eigenvalue weighted by Gasteiger charge is 2.13. The molecule has 2 aromatic carbocycles. The lowest BCUT2D eigenvalue weighted by Crippen LogP contribution is -2.23. The summed E-state index contributed by atoms with van der Waals surface area (Å²) in [5, 5.41) is 4.35. The Hall–Kier alpha value is -1.51. The van der Waals surface area contributed by atoms with Gasteiger partial charge in [-0.2, -0.15) is 0 Å². The van der Waals surface area contributed by atoms with Crippen LogP contribution in [-0.2, 0) is 0 Å². The first-order valence-corrected chi connectivity index (χ1v) is 7.84. The molecule has 2 aromatic rings. The summed E-state index contributed by atoms with van der Waals surface area (Å²) in [5.74, 6) is 0.910. The van der Waals surface area contributed by atoms with Gasteiger partial charge in [0.05, 0.1) is 12.6 Å². The summed E-state index contributed by atoms with van der Waals surface area (Å²) >= 11 is 5.99. The van der Waals surface area contributed by atoms with E-state index in [0.29, 0.717) is 6.61 Å². The van der Waals surface area contributed by atoms with Crippen LogP contribution in [0.2, 0.25) is 5.02 Å². The van der Waals surface area contributed by atoms with Crippen molar-refractivity contribution in [2.75, 3.05) is 13.2 Å². The number of hydrogen-bond donors (Lipinski definition) is 1. The predicted octanol–water partition coefficient (Wildman–Crippen LogP) is 4.83. The molecule has 0 aromatic heterocycles. The van der Waals surface area contributed by atoms with Gasteiger partial charge in [0.25, 0.3) is 0 Å². The van der Waals surface area contributed by atoms with E-state index in [1.54, 1.807) is 0 Å². The summed E-state index contributed by atoms with van der Waals surface area (Å²) in [5.41, 5.74) is 2.42. The Morgan fingerprint density at radius 3 is 2.48 bits per heavy atom. The van der Waals surface area contributed by atoms with E-state index < -0.39 is 0 Å². The second kappa shape index (κ2) is 8.06. The van der Waals surface area contributed by atoms with Crippen molar-refractivity contribution in [2.24, 2.45) is 0 Å². The van der Waals surface area contributed by atoms with Crippen molar-refractivity contribution in [1.82, 2.24) is 5.32 Å². The van der Waals surface area contributed by atoms with Gasteiger partial charge in [0.1, 0.15) is 5.75 Å². The second-order valence-electron chi connectivity index (χ2n) is 4.94. The Morgan fingerprint density at radius 2 is 1.81 bits per heavy atom. The van der Waals surface area contributed by atoms with E-state index in [-0.39, 0.29) is 6.04 Å². The molecule has 3 heteroatoms. The van der Waals surface area contributed by atoms with Crippen LogP contribution in [0, 0.1) is 0 Å². The second-order valence-corrected chi connectivity index (χ2v) is 5.38. The van der Waals surface area contributed by atoms with Gasteiger partial charge in [-0.3, -0.25) is 0 Å². The molecule has 0 radical (unpaired) electrons. The minimum absolute atomic E-state index is 0.155. The molecule has 0 aliphatic carbocycles. The lowest BCUT2D eigenvalue weighted by Gasteiger charge is -2.20. The van der Waals surface area contributed by atoms with Crippen LogP contribution in [0.3, 0.4) is 0 Å². The molecular formula is C18H22ClNO. The minimum atomic E-state index is 0.155. The van der Waals surface area contributed by atoms with E-state index in [2.05, 4.69) is 36.5 Å². The van der Waals surface area contributed by atoms with E-state index in [1.807, 2.05) is 31.2 Å². The van der Waals surface area contributed by atoms with Gasteiger partial charge in [-0.15, -0.1) is 0 Å². The molecule has 0 saturated carbocycles. The fraction of sp³-hybridized carbons (Fsp3) is 0.333. The standard InChI is InChI=1S/C18H22ClNO/c1-3-12-20-18(14-8-10-16(19)11-9-14)15-6-5-7-17(13-15)21-4-2/h5-11,13,18,20H,3-4,12H2,1-2H3. The molecule has 0 aliphatic heterocycles. The highest BCUT2D eigenvalue weighted by atomic mass is 35.5. The molecule has 0 bridgehead atoms. The maximum atomic E-state index is 5.99. The van der Waals surface area contributed by atoms with Crippen LogP contribution < -0.4 is 10.1 Å². The van der Waals surface area contributed by atoms with Crippen LogP contribution in [0.25, 0.3) is 0 Å². The molecule has 21 heavy (non-hydrogen) atoms.